The van der Waals surface area contributed by atoms with Gasteiger partial charge in [0.05, 0.1) is 25.0 Å². The van der Waals surface area contributed by atoms with Crippen molar-refractivity contribution in [3.05, 3.63) is 77.4 Å². The van der Waals surface area contributed by atoms with Crippen LogP contribution in [0.5, 0.6) is 0 Å². The molecular formula is C20H24N6O. The van der Waals surface area contributed by atoms with Gasteiger partial charge in [0, 0.05) is 24.5 Å². The van der Waals surface area contributed by atoms with E-state index in [-0.39, 0.29) is 18.5 Å². The van der Waals surface area contributed by atoms with Gasteiger partial charge in [-0.15, -0.1) is 5.10 Å². The van der Waals surface area contributed by atoms with E-state index in [0.717, 1.165) is 22.5 Å². The van der Waals surface area contributed by atoms with Gasteiger partial charge >= 0.3 is 0 Å². The van der Waals surface area contributed by atoms with Crippen LogP contribution in [0, 0.1) is 6.92 Å². The first-order valence-corrected chi connectivity index (χ1v) is 8.89. The predicted molar refractivity (Wildman–Crippen MR) is 103 cm³/mol. The van der Waals surface area contributed by atoms with E-state index >= 15 is 0 Å². The molecule has 2 heterocycles. The number of carbonyl (C=O) groups is 1. The number of hydrogen-bond donors (Lipinski definition) is 1. The van der Waals surface area contributed by atoms with Crippen LogP contribution in [-0.4, -0.2) is 37.3 Å². The molecule has 1 atom stereocenters. The number of nitrogens with zero attached hydrogens (tertiary/aromatic N) is 5. The molecule has 0 aliphatic carbocycles. The maximum atomic E-state index is 11.6. The number of carbonyl (C=O) groups excluding carboxylic acids is 1. The molecule has 2 aromatic heterocycles. The summed E-state index contributed by atoms with van der Waals surface area (Å²) < 4.78 is 1.79. The fraction of sp³-hybridized carbons (Fsp3) is 0.300. The smallest absolute Gasteiger partial charge is 0.231 e. The first-order chi connectivity index (χ1) is 13.0. The third kappa shape index (κ3) is 4.98. The molecule has 140 valence electrons. The van der Waals surface area contributed by atoms with Crippen LogP contribution in [0.15, 0.2) is 54.9 Å². The number of rotatable bonds is 8. The van der Waals surface area contributed by atoms with Crippen molar-refractivity contribution in [3.63, 3.8) is 0 Å². The summed E-state index contributed by atoms with van der Waals surface area (Å²) in [5, 5.41) is 8.48. The van der Waals surface area contributed by atoms with Crippen molar-refractivity contribution in [3.8, 4) is 0 Å². The summed E-state index contributed by atoms with van der Waals surface area (Å²) in [5.74, 6) is -0.365. The van der Waals surface area contributed by atoms with E-state index in [9.17, 15) is 4.79 Å². The van der Waals surface area contributed by atoms with Crippen LogP contribution in [0.2, 0.25) is 0 Å². The molecule has 1 aromatic carbocycles. The normalized spacial score (nSPS) is 12.3. The molecule has 0 radical (unpaired) electrons. The highest BCUT2D eigenvalue weighted by atomic mass is 16.1. The molecule has 3 aromatic rings. The molecule has 7 heteroatoms. The lowest BCUT2D eigenvalue weighted by atomic mass is 10.1. The van der Waals surface area contributed by atoms with E-state index in [2.05, 4.69) is 22.2 Å². The minimum Gasteiger partial charge on any atom is -0.369 e. The number of nitrogens with two attached hydrogens (primary N) is 1. The summed E-state index contributed by atoms with van der Waals surface area (Å²) in [6, 6.07) is 14.0. The van der Waals surface area contributed by atoms with Gasteiger partial charge in [-0.25, -0.2) is 4.68 Å². The van der Waals surface area contributed by atoms with Gasteiger partial charge < -0.3 is 5.73 Å². The van der Waals surface area contributed by atoms with Crippen LogP contribution in [0.25, 0.3) is 0 Å². The Kier molecular flexibility index (Phi) is 5.93. The van der Waals surface area contributed by atoms with Crippen LogP contribution >= 0.6 is 0 Å². The summed E-state index contributed by atoms with van der Waals surface area (Å²) in [7, 11) is 0. The van der Waals surface area contributed by atoms with Gasteiger partial charge in [0.25, 0.3) is 0 Å². The lowest BCUT2D eigenvalue weighted by molar-refractivity contribution is -0.119. The van der Waals surface area contributed by atoms with Crippen LogP contribution in [-0.2, 0) is 17.9 Å². The number of aryl methyl sites for hydroxylation is 1. The molecule has 1 amide bonds. The Labute approximate surface area is 158 Å². The molecule has 0 fully saturated rings. The summed E-state index contributed by atoms with van der Waals surface area (Å²) >= 11 is 0. The van der Waals surface area contributed by atoms with E-state index in [4.69, 9.17) is 5.73 Å². The van der Waals surface area contributed by atoms with Gasteiger partial charge in [0.15, 0.2) is 0 Å². The molecule has 0 unspecified atom stereocenters. The summed E-state index contributed by atoms with van der Waals surface area (Å²) in [6.45, 7) is 5.29. The second kappa shape index (κ2) is 8.55. The van der Waals surface area contributed by atoms with Crippen LogP contribution in [0.3, 0.4) is 0 Å². The Morgan fingerprint density at radius 1 is 1.22 bits per heavy atom. The second-order valence-electron chi connectivity index (χ2n) is 6.61. The molecule has 27 heavy (non-hydrogen) atoms. The van der Waals surface area contributed by atoms with Crippen molar-refractivity contribution >= 4 is 5.91 Å². The van der Waals surface area contributed by atoms with Crippen molar-refractivity contribution < 1.29 is 4.79 Å². The van der Waals surface area contributed by atoms with Gasteiger partial charge in [-0.3, -0.25) is 14.7 Å². The molecular weight excluding hydrogens is 340 g/mol. The number of primary amides is 1. The van der Waals surface area contributed by atoms with E-state index in [1.54, 1.807) is 10.9 Å². The molecule has 3 rings (SSSR count). The fourth-order valence-electron chi connectivity index (χ4n) is 3.03. The average Bonchev–Trinajstić information content (AvgIpc) is 3.10. The molecule has 0 spiro atoms. The Morgan fingerprint density at radius 2 is 2.00 bits per heavy atom. The predicted octanol–water partition coefficient (Wildman–Crippen LogP) is 2.08. The first kappa shape index (κ1) is 18.7. The maximum Gasteiger partial charge on any atom is 0.231 e. The highest BCUT2D eigenvalue weighted by Crippen LogP contribution is 2.21. The standard InChI is InChI=1S/C20H24N6O/c1-15-18(9-6-10-22-15)11-26-13-19(23-24-26)12-25(14-20(21)27)16(2)17-7-4-3-5-8-17/h3-10,13,16H,11-12,14H2,1-2H3,(H2,21,27)/t16-/m1/s1. The monoisotopic (exact) mass is 364 g/mol. The molecule has 0 bridgehead atoms. The highest BCUT2D eigenvalue weighted by Gasteiger charge is 2.19. The van der Waals surface area contributed by atoms with Crippen molar-refractivity contribution in [2.24, 2.45) is 5.73 Å². The summed E-state index contributed by atoms with van der Waals surface area (Å²) in [4.78, 5) is 17.9. The lowest BCUT2D eigenvalue weighted by Gasteiger charge is -2.27. The third-order valence-electron chi connectivity index (χ3n) is 4.59. The molecule has 7 nitrogen and oxygen atoms in total. The van der Waals surface area contributed by atoms with Gasteiger partial charge in [0.2, 0.25) is 5.91 Å². The molecule has 0 saturated heterocycles. The number of benzene rings is 1. The fourth-order valence-corrected chi connectivity index (χ4v) is 3.03. The van der Waals surface area contributed by atoms with E-state index < -0.39 is 0 Å². The number of amides is 1. The van der Waals surface area contributed by atoms with E-state index in [0.29, 0.717) is 13.1 Å². The maximum absolute atomic E-state index is 11.6. The second-order valence-corrected chi connectivity index (χ2v) is 6.61. The Morgan fingerprint density at radius 3 is 2.70 bits per heavy atom. The zero-order valence-electron chi connectivity index (χ0n) is 15.6. The number of pyridine rings is 1. The number of aromatic nitrogens is 4. The van der Waals surface area contributed by atoms with Crippen LogP contribution in [0.4, 0.5) is 0 Å². The van der Waals surface area contributed by atoms with Gasteiger partial charge in [-0.05, 0) is 31.0 Å². The van der Waals surface area contributed by atoms with Crippen molar-refractivity contribution in [1.29, 1.82) is 0 Å². The molecule has 0 aliphatic rings. The quantitative estimate of drug-likeness (QED) is 0.661. The summed E-state index contributed by atoms with van der Waals surface area (Å²) in [6.07, 6.45) is 3.68. The molecule has 0 aliphatic heterocycles. The zero-order valence-corrected chi connectivity index (χ0v) is 15.6. The van der Waals surface area contributed by atoms with Gasteiger partial charge in [-0.1, -0.05) is 41.6 Å². The Balaban J connectivity index is 1.73. The average molecular weight is 364 g/mol. The minimum absolute atomic E-state index is 0.0319. The van der Waals surface area contributed by atoms with E-state index in [1.807, 2.05) is 60.5 Å². The minimum atomic E-state index is -0.365. The Hall–Kier alpha value is -3.06. The molecule has 0 saturated carbocycles. The lowest BCUT2D eigenvalue weighted by Crippen LogP contribution is -2.35. The van der Waals surface area contributed by atoms with E-state index in [1.165, 1.54) is 0 Å². The van der Waals surface area contributed by atoms with Gasteiger partial charge in [-0.2, -0.15) is 0 Å². The highest BCUT2D eigenvalue weighted by molar-refractivity contribution is 5.76. The zero-order chi connectivity index (χ0) is 19.2. The van der Waals surface area contributed by atoms with Crippen molar-refractivity contribution in [1.82, 2.24) is 24.9 Å². The SMILES string of the molecule is Cc1ncccc1Cn1cc(CN(CC(N)=O)[C@H](C)c2ccccc2)nn1. The Bertz CT molecular complexity index is 892. The van der Waals surface area contributed by atoms with Crippen molar-refractivity contribution in [2.75, 3.05) is 6.54 Å². The van der Waals surface area contributed by atoms with Crippen LogP contribution in [0.1, 0.15) is 35.5 Å². The van der Waals surface area contributed by atoms with Gasteiger partial charge in [0.1, 0.15) is 0 Å². The van der Waals surface area contributed by atoms with Crippen molar-refractivity contribution in [2.45, 2.75) is 33.0 Å². The first-order valence-electron chi connectivity index (χ1n) is 8.89. The van der Waals surface area contributed by atoms with Crippen LogP contribution < -0.4 is 5.73 Å². The topological polar surface area (TPSA) is 89.9 Å². The summed E-state index contributed by atoms with van der Waals surface area (Å²) in [5.41, 5.74) is 9.45. The third-order valence-corrected chi connectivity index (χ3v) is 4.59. The molecule has 2 N–H and O–H groups in total. The number of hydrogen-bond acceptors (Lipinski definition) is 5. The largest absolute Gasteiger partial charge is 0.369 e.